The lowest BCUT2D eigenvalue weighted by Crippen LogP contribution is -2.51. The fourth-order valence-electron chi connectivity index (χ4n) is 6.02. The molecule has 0 amide bonds. The van der Waals surface area contributed by atoms with Gasteiger partial charge < -0.3 is 35.8 Å². The first-order valence-electron chi connectivity index (χ1n) is 16.2. The topological polar surface area (TPSA) is 97.7 Å². The molecule has 9 nitrogen and oxygen atoms in total. The third-order valence-corrected chi connectivity index (χ3v) is 8.75. The molecule has 3 saturated heterocycles. The van der Waals surface area contributed by atoms with Crippen LogP contribution in [0, 0.1) is 0 Å². The Balaban J connectivity index is 0.000000183. The van der Waals surface area contributed by atoms with E-state index in [1.807, 2.05) is 0 Å². The molecular formula is C34H58N6O3. The molecule has 0 unspecified atom stereocenters. The molecule has 0 spiro atoms. The van der Waals surface area contributed by atoms with E-state index in [1.165, 1.54) is 11.1 Å². The van der Waals surface area contributed by atoms with E-state index in [0.29, 0.717) is 24.7 Å². The summed E-state index contributed by atoms with van der Waals surface area (Å²) < 4.78 is 0. The number of rotatable bonds is 10. The van der Waals surface area contributed by atoms with Crippen molar-refractivity contribution in [3.05, 3.63) is 71.8 Å². The molecule has 0 bridgehead atoms. The van der Waals surface area contributed by atoms with Gasteiger partial charge in [0, 0.05) is 110 Å². The van der Waals surface area contributed by atoms with E-state index in [1.54, 1.807) is 0 Å². The maximum absolute atomic E-state index is 9.07. The SMILES string of the molecule is CN1CCN(Cc2ccccc2)C[C@@H]1CCO.CN1CCNC[C@@H]1CCO.OCC[C@H]1CN(Cc2ccccc2)CCN1. The first-order chi connectivity index (χ1) is 21.0. The van der Waals surface area contributed by atoms with Gasteiger partial charge in [-0.15, -0.1) is 0 Å². The third kappa shape index (κ3) is 13.7. The smallest absolute Gasteiger partial charge is 0.0446 e. The molecule has 5 N–H and O–H groups in total. The van der Waals surface area contributed by atoms with Crippen LogP contribution in [-0.4, -0.2) is 146 Å². The predicted molar refractivity (Wildman–Crippen MR) is 176 cm³/mol. The van der Waals surface area contributed by atoms with Crippen molar-refractivity contribution in [3.63, 3.8) is 0 Å². The van der Waals surface area contributed by atoms with Crippen molar-refractivity contribution in [2.24, 2.45) is 0 Å². The van der Waals surface area contributed by atoms with Gasteiger partial charge in [0.05, 0.1) is 0 Å². The second-order valence-electron chi connectivity index (χ2n) is 12.1. The third-order valence-electron chi connectivity index (χ3n) is 8.75. The largest absolute Gasteiger partial charge is 0.396 e. The van der Waals surface area contributed by atoms with E-state index in [4.69, 9.17) is 15.3 Å². The number of aliphatic hydroxyl groups is 3. The van der Waals surface area contributed by atoms with Gasteiger partial charge in [0.1, 0.15) is 0 Å². The van der Waals surface area contributed by atoms with Crippen LogP contribution < -0.4 is 10.6 Å². The lowest BCUT2D eigenvalue weighted by atomic mass is 10.1. The Labute approximate surface area is 260 Å². The zero-order valence-electron chi connectivity index (χ0n) is 26.7. The zero-order valence-corrected chi connectivity index (χ0v) is 26.7. The van der Waals surface area contributed by atoms with Gasteiger partial charge in [0.25, 0.3) is 0 Å². The van der Waals surface area contributed by atoms with Crippen LogP contribution in [0.25, 0.3) is 0 Å². The molecule has 0 saturated carbocycles. The monoisotopic (exact) mass is 598 g/mol. The molecule has 0 radical (unpaired) electrons. The lowest BCUT2D eigenvalue weighted by Gasteiger charge is -2.39. The highest BCUT2D eigenvalue weighted by atomic mass is 16.3. The van der Waals surface area contributed by atoms with Crippen molar-refractivity contribution in [1.82, 2.24) is 30.2 Å². The number of piperazine rings is 3. The first kappa shape index (κ1) is 35.6. The van der Waals surface area contributed by atoms with E-state index in [-0.39, 0.29) is 13.2 Å². The van der Waals surface area contributed by atoms with Crippen LogP contribution in [0.1, 0.15) is 30.4 Å². The fourth-order valence-corrected chi connectivity index (χ4v) is 6.02. The Morgan fingerprint density at radius 3 is 1.77 bits per heavy atom. The summed E-state index contributed by atoms with van der Waals surface area (Å²) in [6.07, 6.45) is 2.62. The molecule has 3 heterocycles. The number of hydrogen-bond acceptors (Lipinski definition) is 9. The second kappa shape index (κ2) is 20.9. The number of hydrogen-bond donors (Lipinski definition) is 5. The maximum Gasteiger partial charge on any atom is 0.0446 e. The van der Waals surface area contributed by atoms with Crippen LogP contribution >= 0.6 is 0 Å². The summed E-state index contributed by atoms with van der Waals surface area (Å²) in [6.45, 7) is 12.5. The highest BCUT2D eigenvalue weighted by Gasteiger charge is 2.23. The summed E-state index contributed by atoms with van der Waals surface area (Å²) >= 11 is 0. The number of nitrogens with zero attached hydrogens (tertiary/aromatic N) is 4. The summed E-state index contributed by atoms with van der Waals surface area (Å²) in [5, 5.41) is 33.4. The molecular weight excluding hydrogens is 540 g/mol. The van der Waals surface area contributed by atoms with E-state index < -0.39 is 0 Å². The lowest BCUT2D eigenvalue weighted by molar-refractivity contribution is 0.0743. The minimum Gasteiger partial charge on any atom is -0.396 e. The predicted octanol–water partition coefficient (Wildman–Crippen LogP) is 1.30. The highest BCUT2D eigenvalue weighted by molar-refractivity contribution is 5.15. The van der Waals surface area contributed by atoms with E-state index in [2.05, 4.69) is 105 Å². The zero-order chi connectivity index (χ0) is 30.7. The molecule has 242 valence electrons. The van der Waals surface area contributed by atoms with Crippen LogP contribution in [-0.2, 0) is 13.1 Å². The van der Waals surface area contributed by atoms with Crippen molar-refractivity contribution in [1.29, 1.82) is 0 Å². The molecule has 2 aromatic rings. The molecule has 5 rings (SSSR count). The normalized spacial score (nSPS) is 24.0. The molecule has 0 aliphatic carbocycles. The van der Waals surface area contributed by atoms with E-state index in [9.17, 15) is 0 Å². The van der Waals surface area contributed by atoms with Gasteiger partial charge in [-0.3, -0.25) is 9.80 Å². The second-order valence-corrected chi connectivity index (χ2v) is 12.1. The van der Waals surface area contributed by atoms with Crippen LogP contribution in [0.3, 0.4) is 0 Å². The molecule has 3 aliphatic rings. The minimum atomic E-state index is 0.275. The summed E-state index contributed by atoms with van der Waals surface area (Å²) in [5.41, 5.74) is 2.74. The Bertz CT molecular complexity index is 952. The van der Waals surface area contributed by atoms with Gasteiger partial charge in [-0.1, -0.05) is 60.7 Å². The van der Waals surface area contributed by atoms with E-state index >= 15 is 0 Å². The Morgan fingerprint density at radius 2 is 1.19 bits per heavy atom. The summed E-state index contributed by atoms with van der Waals surface area (Å²) in [6, 6.07) is 22.7. The standard InChI is InChI=1S/C14H22N2O.C13H20N2O.C7H16N2O/c1-15-8-9-16(12-14(15)7-10-17)11-13-5-3-2-4-6-13;16-9-6-13-11-15(8-7-14-13)10-12-4-2-1-3-5-12;1-9-4-3-8-6-7(9)2-5-10/h2-6,14,17H,7-12H2,1H3;1-5,13-14,16H,6-11H2;7-8,10H,2-6H2,1H3/t14-;13-;7-/m000/s1. The highest BCUT2D eigenvalue weighted by Crippen LogP contribution is 2.14. The molecule has 0 aromatic heterocycles. The quantitative estimate of drug-likeness (QED) is 0.277. The summed E-state index contributed by atoms with van der Waals surface area (Å²) in [7, 11) is 4.27. The van der Waals surface area contributed by atoms with Gasteiger partial charge in [-0.2, -0.15) is 0 Å². The molecule has 3 fully saturated rings. The van der Waals surface area contributed by atoms with Crippen molar-refractivity contribution in [2.75, 3.05) is 92.8 Å². The van der Waals surface area contributed by atoms with E-state index in [0.717, 1.165) is 91.3 Å². The van der Waals surface area contributed by atoms with Crippen molar-refractivity contribution in [3.8, 4) is 0 Å². The molecule has 3 aliphatic heterocycles. The summed E-state index contributed by atoms with van der Waals surface area (Å²) in [5.74, 6) is 0. The van der Waals surface area contributed by atoms with Crippen molar-refractivity contribution >= 4 is 0 Å². The van der Waals surface area contributed by atoms with Crippen LogP contribution in [0.15, 0.2) is 60.7 Å². The first-order valence-corrected chi connectivity index (χ1v) is 16.2. The Kier molecular flexibility index (Phi) is 17.3. The average molecular weight is 599 g/mol. The average Bonchev–Trinajstić information content (AvgIpc) is 3.02. The molecule has 3 atom stereocenters. The number of aliphatic hydroxyl groups excluding tert-OH is 3. The van der Waals surface area contributed by atoms with Gasteiger partial charge >= 0.3 is 0 Å². The molecule has 43 heavy (non-hydrogen) atoms. The number of benzene rings is 2. The number of likely N-dealkylation sites (N-methyl/N-ethyl adjacent to an activating group) is 2. The minimum absolute atomic E-state index is 0.275. The fraction of sp³-hybridized carbons (Fsp3) is 0.647. The van der Waals surface area contributed by atoms with Gasteiger partial charge in [-0.25, -0.2) is 0 Å². The van der Waals surface area contributed by atoms with Crippen LogP contribution in [0.2, 0.25) is 0 Å². The van der Waals surface area contributed by atoms with Crippen molar-refractivity contribution < 1.29 is 15.3 Å². The van der Waals surface area contributed by atoms with Crippen molar-refractivity contribution in [2.45, 2.75) is 50.5 Å². The summed E-state index contributed by atoms with van der Waals surface area (Å²) in [4.78, 5) is 9.59. The molecule has 2 aromatic carbocycles. The maximum atomic E-state index is 9.07. The Morgan fingerprint density at radius 1 is 0.628 bits per heavy atom. The van der Waals surface area contributed by atoms with Gasteiger partial charge in [0.15, 0.2) is 0 Å². The Hall–Kier alpha value is -1.92. The van der Waals surface area contributed by atoms with Gasteiger partial charge in [-0.05, 0) is 44.5 Å². The number of nitrogens with one attached hydrogen (secondary N) is 2. The molecule has 9 heteroatoms. The van der Waals surface area contributed by atoms with Crippen LogP contribution in [0.5, 0.6) is 0 Å². The van der Waals surface area contributed by atoms with Crippen LogP contribution in [0.4, 0.5) is 0 Å². The van der Waals surface area contributed by atoms with Gasteiger partial charge in [0.2, 0.25) is 0 Å².